The highest BCUT2D eigenvalue weighted by Gasteiger charge is 2.17. The lowest BCUT2D eigenvalue weighted by atomic mass is 10.1. The van der Waals surface area contributed by atoms with Crippen LogP contribution >= 0.6 is 0 Å². The Morgan fingerprint density at radius 3 is 2.55 bits per heavy atom. The van der Waals surface area contributed by atoms with Gasteiger partial charge in [-0.05, 0) is 44.4 Å². The van der Waals surface area contributed by atoms with E-state index in [4.69, 9.17) is 4.74 Å². The molecule has 4 rings (SSSR count). The van der Waals surface area contributed by atoms with Crippen LogP contribution in [0.25, 0.3) is 11.4 Å². The summed E-state index contributed by atoms with van der Waals surface area (Å²) in [7, 11) is 9.41. The fraction of sp³-hybridized carbons (Fsp3) is 0.250. The van der Waals surface area contributed by atoms with E-state index >= 15 is 0 Å². The van der Waals surface area contributed by atoms with Crippen LogP contribution in [0.5, 0.6) is 5.75 Å². The molecule has 0 unspecified atom stereocenters. The molecule has 2 heterocycles. The van der Waals surface area contributed by atoms with E-state index in [9.17, 15) is 4.79 Å². The Morgan fingerprint density at radius 2 is 1.85 bits per heavy atom. The Kier molecular flexibility index (Phi) is 8.92. The Labute approximate surface area is 233 Å². The van der Waals surface area contributed by atoms with Gasteiger partial charge >= 0.3 is 0 Å². The lowest BCUT2D eigenvalue weighted by Gasteiger charge is -2.26. The third-order valence-electron chi connectivity index (χ3n) is 5.99. The van der Waals surface area contributed by atoms with Gasteiger partial charge in [-0.2, -0.15) is 10.1 Å². The summed E-state index contributed by atoms with van der Waals surface area (Å²) < 4.78 is 7.35. The number of anilines is 6. The van der Waals surface area contributed by atoms with Gasteiger partial charge in [0.05, 0.1) is 29.9 Å². The number of nitrogens with zero attached hydrogens (tertiary/aromatic N) is 7. The van der Waals surface area contributed by atoms with Crippen LogP contribution in [0.4, 0.5) is 34.5 Å². The summed E-state index contributed by atoms with van der Waals surface area (Å²) in [5, 5.41) is 13.9. The zero-order chi connectivity index (χ0) is 28.6. The monoisotopic (exact) mass is 542 g/mol. The van der Waals surface area contributed by atoms with Crippen LogP contribution in [-0.2, 0) is 11.8 Å². The molecule has 0 saturated carbocycles. The smallest absolute Gasteiger partial charge is 0.247 e. The topological polar surface area (TPSA) is 125 Å². The van der Waals surface area contributed by atoms with E-state index in [-0.39, 0.29) is 5.91 Å². The second-order valence-electron chi connectivity index (χ2n) is 9.29. The van der Waals surface area contributed by atoms with E-state index < -0.39 is 0 Å². The Hall–Kier alpha value is -4.97. The highest BCUT2D eigenvalue weighted by molar-refractivity contribution is 6.02. The van der Waals surface area contributed by atoms with Gasteiger partial charge in [0.1, 0.15) is 17.9 Å². The molecule has 40 heavy (non-hydrogen) atoms. The average molecular weight is 543 g/mol. The van der Waals surface area contributed by atoms with E-state index in [1.807, 2.05) is 58.5 Å². The molecule has 0 fully saturated rings. The summed E-state index contributed by atoms with van der Waals surface area (Å²) in [6.45, 7) is 5.15. The first-order chi connectivity index (χ1) is 19.3. The van der Waals surface area contributed by atoms with Gasteiger partial charge in [-0.1, -0.05) is 18.7 Å². The van der Waals surface area contributed by atoms with Crippen molar-refractivity contribution in [2.45, 2.75) is 0 Å². The van der Waals surface area contributed by atoms with E-state index in [1.165, 1.54) is 6.08 Å². The number of hydrogen-bond donors (Lipinski definition) is 3. The number of aryl methyl sites for hydroxylation is 1. The molecule has 2 aromatic heterocycles. The first-order valence-corrected chi connectivity index (χ1v) is 12.6. The summed E-state index contributed by atoms with van der Waals surface area (Å²) in [5.74, 6) is 1.76. The molecule has 2 aromatic carbocycles. The number of hydrogen-bond acceptors (Lipinski definition) is 10. The molecule has 1 amide bonds. The largest absolute Gasteiger partial charge is 0.494 e. The maximum absolute atomic E-state index is 12.2. The number of para-hydroxylation sites is 1. The lowest BCUT2D eigenvalue weighted by molar-refractivity contribution is -0.111. The van der Waals surface area contributed by atoms with Gasteiger partial charge in [-0.15, -0.1) is 0 Å². The van der Waals surface area contributed by atoms with Gasteiger partial charge in [-0.25, -0.2) is 9.97 Å². The number of aromatic nitrogens is 5. The minimum atomic E-state index is -0.318. The van der Waals surface area contributed by atoms with Crippen LogP contribution in [0.2, 0.25) is 0 Å². The summed E-state index contributed by atoms with van der Waals surface area (Å²) >= 11 is 0. The summed E-state index contributed by atoms with van der Waals surface area (Å²) in [6.07, 6.45) is 4.54. The van der Waals surface area contributed by atoms with Crippen molar-refractivity contribution in [3.8, 4) is 17.1 Å². The fourth-order valence-electron chi connectivity index (χ4n) is 3.90. The number of carbonyl (C=O) groups excluding carboxylic acids is 1. The van der Waals surface area contributed by atoms with Crippen molar-refractivity contribution in [1.82, 2.24) is 29.6 Å². The van der Waals surface area contributed by atoms with Crippen LogP contribution in [0.3, 0.4) is 0 Å². The second kappa shape index (κ2) is 12.7. The maximum atomic E-state index is 12.2. The van der Waals surface area contributed by atoms with E-state index in [0.29, 0.717) is 34.7 Å². The summed E-state index contributed by atoms with van der Waals surface area (Å²) in [5.41, 5.74) is 3.63. The third-order valence-corrected chi connectivity index (χ3v) is 5.99. The van der Waals surface area contributed by atoms with E-state index in [1.54, 1.807) is 36.4 Å². The summed E-state index contributed by atoms with van der Waals surface area (Å²) in [4.78, 5) is 29.8. The zero-order valence-electron chi connectivity index (χ0n) is 23.3. The number of methoxy groups -OCH3 is 1. The number of carbonyl (C=O) groups is 1. The number of nitrogens with one attached hydrogen (secondary N) is 3. The number of likely N-dealkylation sites (N-methyl/N-ethyl adjacent to an activating group) is 2. The number of amides is 1. The minimum Gasteiger partial charge on any atom is -0.494 e. The highest BCUT2D eigenvalue weighted by Crippen LogP contribution is 2.38. The second-order valence-corrected chi connectivity index (χ2v) is 9.29. The molecular formula is C28H34N10O2. The van der Waals surface area contributed by atoms with Crippen molar-refractivity contribution in [2.75, 3.05) is 62.2 Å². The highest BCUT2D eigenvalue weighted by atomic mass is 16.5. The molecule has 0 spiro atoms. The fourth-order valence-corrected chi connectivity index (χ4v) is 3.90. The molecule has 0 aliphatic heterocycles. The van der Waals surface area contributed by atoms with Crippen molar-refractivity contribution in [3.05, 3.63) is 67.6 Å². The minimum absolute atomic E-state index is 0.318. The molecular weight excluding hydrogens is 508 g/mol. The molecule has 0 aliphatic rings. The first-order valence-electron chi connectivity index (χ1n) is 12.6. The molecule has 0 bridgehead atoms. The predicted molar refractivity (Wildman–Crippen MR) is 159 cm³/mol. The van der Waals surface area contributed by atoms with Gasteiger partial charge in [-0.3, -0.25) is 9.48 Å². The molecule has 0 atom stereocenters. The third kappa shape index (κ3) is 6.91. The normalized spacial score (nSPS) is 10.8. The summed E-state index contributed by atoms with van der Waals surface area (Å²) in [6, 6.07) is 13.2. The Bertz CT molecular complexity index is 1480. The molecule has 4 aromatic rings. The van der Waals surface area contributed by atoms with Crippen molar-refractivity contribution in [2.24, 2.45) is 7.05 Å². The van der Waals surface area contributed by atoms with Gasteiger partial charge in [0.2, 0.25) is 11.9 Å². The number of ether oxygens (including phenoxy) is 1. The van der Waals surface area contributed by atoms with Crippen LogP contribution in [0, 0.1) is 0 Å². The maximum Gasteiger partial charge on any atom is 0.247 e. The van der Waals surface area contributed by atoms with Crippen LogP contribution < -0.4 is 25.6 Å². The van der Waals surface area contributed by atoms with Crippen LogP contribution in [0.15, 0.2) is 67.6 Å². The quantitative estimate of drug-likeness (QED) is 0.227. The Morgan fingerprint density at radius 1 is 1.05 bits per heavy atom. The van der Waals surface area contributed by atoms with Crippen molar-refractivity contribution < 1.29 is 9.53 Å². The van der Waals surface area contributed by atoms with E-state index in [0.717, 1.165) is 30.0 Å². The standard InChI is InChI=1S/C28H34N10O2/c1-7-26(39)32-21-16-22(24(40-6)17-23(21)37(4)15-14-36(2)3)33-28-29-13-12-25(34-28)31-20-11-9-8-10-19(20)27-30-18-38(5)35-27/h7-13,16-18H,1,14-15H2,2-6H3,(H,32,39)(H2,29,31,33,34). The van der Waals surface area contributed by atoms with Crippen molar-refractivity contribution in [1.29, 1.82) is 0 Å². The molecule has 0 radical (unpaired) electrons. The van der Waals surface area contributed by atoms with Crippen LogP contribution in [0.1, 0.15) is 0 Å². The lowest BCUT2D eigenvalue weighted by Crippen LogP contribution is -2.29. The molecule has 0 saturated heterocycles. The first kappa shape index (κ1) is 28.0. The average Bonchev–Trinajstić information content (AvgIpc) is 3.38. The number of benzene rings is 2. The SMILES string of the molecule is C=CC(=O)Nc1cc(Nc2nccc(Nc3ccccc3-c3ncn(C)n3)n2)c(OC)cc1N(C)CCN(C)C. The Balaban J connectivity index is 1.63. The van der Waals surface area contributed by atoms with Gasteiger partial charge in [0.15, 0.2) is 5.82 Å². The van der Waals surface area contributed by atoms with Crippen LogP contribution in [-0.4, -0.2) is 76.9 Å². The molecule has 0 aliphatic carbocycles. The van der Waals surface area contributed by atoms with Crippen molar-refractivity contribution in [3.63, 3.8) is 0 Å². The number of rotatable bonds is 12. The molecule has 3 N–H and O–H groups in total. The van der Waals surface area contributed by atoms with Crippen molar-refractivity contribution >= 4 is 40.4 Å². The van der Waals surface area contributed by atoms with Gasteiger partial charge in [0.25, 0.3) is 0 Å². The predicted octanol–water partition coefficient (Wildman–Crippen LogP) is 3.89. The molecule has 208 valence electrons. The van der Waals surface area contributed by atoms with Gasteiger partial charge in [0, 0.05) is 45.0 Å². The van der Waals surface area contributed by atoms with E-state index in [2.05, 4.69) is 52.4 Å². The molecule has 12 nitrogen and oxygen atoms in total. The molecule has 12 heteroatoms. The zero-order valence-corrected chi connectivity index (χ0v) is 23.3. The van der Waals surface area contributed by atoms with Gasteiger partial charge < -0.3 is 30.5 Å².